The summed E-state index contributed by atoms with van der Waals surface area (Å²) in [6, 6.07) is 4.92. The Balaban J connectivity index is 2.32. The van der Waals surface area contributed by atoms with Gasteiger partial charge >= 0.3 is 0 Å². The number of nitrogens with zero attached hydrogens (tertiary/aromatic N) is 2. The van der Waals surface area contributed by atoms with Crippen LogP contribution in [0, 0.1) is 0 Å². The fourth-order valence-electron chi connectivity index (χ4n) is 1.93. The highest BCUT2D eigenvalue weighted by Crippen LogP contribution is 2.30. The van der Waals surface area contributed by atoms with Gasteiger partial charge in [-0.1, -0.05) is 12.1 Å². The van der Waals surface area contributed by atoms with E-state index in [1.165, 1.54) is 0 Å². The summed E-state index contributed by atoms with van der Waals surface area (Å²) >= 11 is 0. The predicted octanol–water partition coefficient (Wildman–Crippen LogP) is 2.09. The van der Waals surface area contributed by atoms with Crippen molar-refractivity contribution in [2.45, 2.75) is 25.8 Å². The topological polar surface area (TPSA) is 83.4 Å². The van der Waals surface area contributed by atoms with Gasteiger partial charge < -0.3 is 19.7 Å². The van der Waals surface area contributed by atoms with E-state index in [1.54, 1.807) is 20.3 Å². The highest BCUT2D eigenvalue weighted by atomic mass is 16.5. The summed E-state index contributed by atoms with van der Waals surface area (Å²) in [6.07, 6.45) is 1.69. The Morgan fingerprint density at radius 1 is 1.30 bits per heavy atom. The number of aryl methyl sites for hydroxylation is 1. The van der Waals surface area contributed by atoms with Crippen LogP contribution in [-0.2, 0) is 6.42 Å². The number of hydrogen-bond acceptors (Lipinski definition) is 6. The summed E-state index contributed by atoms with van der Waals surface area (Å²) in [4.78, 5) is 4.31. The Hall–Kier alpha value is -2.08. The normalized spacial score (nSPS) is 12.2. The molecule has 0 fully saturated rings. The zero-order chi connectivity index (χ0) is 14.5. The van der Waals surface area contributed by atoms with Crippen LogP contribution < -0.4 is 15.2 Å². The minimum absolute atomic E-state index is 0.444. The van der Waals surface area contributed by atoms with Crippen molar-refractivity contribution >= 4 is 0 Å². The van der Waals surface area contributed by atoms with Gasteiger partial charge in [0.1, 0.15) is 11.5 Å². The number of rotatable bonds is 6. The van der Waals surface area contributed by atoms with Crippen molar-refractivity contribution in [1.82, 2.24) is 10.1 Å². The maximum Gasteiger partial charge on any atom is 0.226 e. The Bertz CT molecular complexity index is 569. The van der Waals surface area contributed by atoms with Crippen LogP contribution >= 0.6 is 0 Å². The molecule has 1 heterocycles. The molecule has 1 unspecified atom stereocenters. The van der Waals surface area contributed by atoms with Gasteiger partial charge in [-0.05, 0) is 24.6 Å². The largest absolute Gasteiger partial charge is 0.497 e. The van der Waals surface area contributed by atoms with E-state index in [0.717, 1.165) is 18.4 Å². The zero-order valence-electron chi connectivity index (χ0n) is 11.9. The second kappa shape index (κ2) is 6.38. The van der Waals surface area contributed by atoms with Crippen LogP contribution in [0.3, 0.4) is 0 Å². The second-order valence-corrected chi connectivity index (χ2v) is 4.38. The molecule has 2 aromatic rings. The molecule has 0 saturated carbocycles. The molecule has 20 heavy (non-hydrogen) atoms. The monoisotopic (exact) mass is 277 g/mol. The van der Waals surface area contributed by atoms with Crippen LogP contribution in [0.5, 0.6) is 11.5 Å². The first-order chi connectivity index (χ1) is 9.69. The van der Waals surface area contributed by atoms with Crippen molar-refractivity contribution in [2.24, 2.45) is 5.73 Å². The van der Waals surface area contributed by atoms with Crippen LogP contribution in [0.15, 0.2) is 22.7 Å². The quantitative estimate of drug-likeness (QED) is 0.870. The van der Waals surface area contributed by atoms with E-state index in [0.29, 0.717) is 23.2 Å². The number of aromatic nitrogens is 2. The summed E-state index contributed by atoms with van der Waals surface area (Å²) < 4.78 is 15.7. The van der Waals surface area contributed by atoms with E-state index in [9.17, 15) is 0 Å². The summed E-state index contributed by atoms with van der Waals surface area (Å²) in [5, 5.41) is 3.93. The number of benzene rings is 1. The molecule has 0 aliphatic heterocycles. The van der Waals surface area contributed by atoms with Crippen molar-refractivity contribution in [2.75, 3.05) is 14.2 Å². The van der Waals surface area contributed by atoms with Crippen molar-refractivity contribution in [3.63, 3.8) is 0 Å². The summed E-state index contributed by atoms with van der Waals surface area (Å²) in [7, 11) is 3.20. The minimum atomic E-state index is -0.519. The Labute approximate surface area is 117 Å². The van der Waals surface area contributed by atoms with Crippen molar-refractivity contribution in [3.8, 4) is 11.5 Å². The van der Waals surface area contributed by atoms with E-state index in [4.69, 9.17) is 19.7 Å². The molecular formula is C14H19N3O3. The summed E-state index contributed by atoms with van der Waals surface area (Å²) in [6.45, 7) is 2.05. The third-order valence-corrected chi connectivity index (χ3v) is 3.00. The smallest absolute Gasteiger partial charge is 0.226 e. The van der Waals surface area contributed by atoms with Gasteiger partial charge in [-0.2, -0.15) is 4.98 Å². The fraction of sp³-hybridized carbons (Fsp3) is 0.429. The third kappa shape index (κ3) is 2.91. The molecule has 2 rings (SSSR count). The molecule has 0 bridgehead atoms. The van der Waals surface area contributed by atoms with Crippen LogP contribution in [0.4, 0.5) is 0 Å². The Morgan fingerprint density at radius 2 is 2.10 bits per heavy atom. The molecule has 0 aliphatic rings. The Morgan fingerprint density at radius 3 is 2.75 bits per heavy atom. The maximum absolute atomic E-state index is 6.21. The summed E-state index contributed by atoms with van der Waals surface area (Å²) in [5.74, 6) is 2.41. The molecule has 0 saturated heterocycles. The molecule has 2 N–H and O–H groups in total. The maximum atomic E-state index is 6.21. The molecule has 0 amide bonds. The van der Waals surface area contributed by atoms with E-state index < -0.39 is 6.04 Å². The summed E-state index contributed by atoms with van der Waals surface area (Å²) in [5.41, 5.74) is 6.97. The molecule has 108 valence electrons. The molecule has 1 aromatic carbocycles. The fourth-order valence-corrected chi connectivity index (χ4v) is 1.93. The Kier molecular flexibility index (Phi) is 4.57. The van der Waals surface area contributed by atoms with Crippen molar-refractivity contribution in [3.05, 3.63) is 35.5 Å². The SMILES string of the molecule is CCCc1nc(C(N)c2cc(OC)ccc2OC)no1. The zero-order valence-corrected chi connectivity index (χ0v) is 11.9. The van der Waals surface area contributed by atoms with E-state index >= 15 is 0 Å². The molecule has 0 radical (unpaired) electrons. The minimum Gasteiger partial charge on any atom is -0.497 e. The lowest BCUT2D eigenvalue weighted by atomic mass is 10.1. The van der Waals surface area contributed by atoms with E-state index in [2.05, 4.69) is 17.1 Å². The predicted molar refractivity (Wildman–Crippen MR) is 73.9 cm³/mol. The van der Waals surface area contributed by atoms with E-state index in [-0.39, 0.29) is 0 Å². The van der Waals surface area contributed by atoms with Crippen LogP contribution in [0.25, 0.3) is 0 Å². The number of methoxy groups -OCH3 is 2. The molecule has 0 spiro atoms. The molecular weight excluding hydrogens is 258 g/mol. The van der Waals surface area contributed by atoms with Gasteiger partial charge in [0.2, 0.25) is 5.89 Å². The number of nitrogens with two attached hydrogens (primary N) is 1. The van der Waals surface area contributed by atoms with Crippen LogP contribution in [-0.4, -0.2) is 24.4 Å². The second-order valence-electron chi connectivity index (χ2n) is 4.38. The van der Waals surface area contributed by atoms with Gasteiger partial charge in [0, 0.05) is 12.0 Å². The van der Waals surface area contributed by atoms with Crippen LogP contribution in [0.2, 0.25) is 0 Å². The van der Waals surface area contributed by atoms with E-state index in [1.807, 2.05) is 12.1 Å². The molecule has 0 aliphatic carbocycles. The van der Waals surface area contributed by atoms with Gasteiger partial charge in [0.05, 0.1) is 20.3 Å². The van der Waals surface area contributed by atoms with Gasteiger partial charge in [0.15, 0.2) is 5.82 Å². The first-order valence-electron chi connectivity index (χ1n) is 6.49. The number of ether oxygens (including phenoxy) is 2. The van der Waals surface area contributed by atoms with Gasteiger partial charge in [-0.15, -0.1) is 0 Å². The highest BCUT2D eigenvalue weighted by Gasteiger charge is 2.20. The average Bonchev–Trinajstić information content (AvgIpc) is 2.94. The molecule has 6 nitrogen and oxygen atoms in total. The first kappa shape index (κ1) is 14.3. The van der Waals surface area contributed by atoms with Crippen molar-refractivity contribution in [1.29, 1.82) is 0 Å². The van der Waals surface area contributed by atoms with Gasteiger partial charge in [0.25, 0.3) is 0 Å². The average molecular weight is 277 g/mol. The van der Waals surface area contributed by atoms with Gasteiger partial charge in [-0.3, -0.25) is 0 Å². The molecule has 6 heteroatoms. The standard InChI is InChI=1S/C14H19N3O3/c1-4-5-12-16-14(17-20-12)13(15)10-8-9(18-2)6-7-11(10)19-3/h6-8,13H,4-5,15H2,1-3H3. The first-order valence-corrected chi connectivity index (χ1v) is 6.49. The molecule has 1 atom stereocenters. The lowest BCUT2D eigenvalue weighted by Crippen LogP contribution is -2.15. The number of hydrogen-bond donors (Lipinski definition) is 1. The highest BCUT2D eigenvalue weighted by molar-refractivity contribution is 5.44. The molecule has 1 aromatic heterocycles. The third-order valence-electron chi connectivity index (χ3n) is 3.00. The lowest BCUT2D eigenvalue weighted by molar-refractivity contribution is 0.369. The van der Waals surface area contributed by atoms with Gasteiger partial charge in [-0.25, -0.2) is 0 Å². The van der Waals surface area contributed by atoms with Crippen LogP contribution in [0.1, 0.15) is 36.7 Å². The van der Waals surface area contributed by atoms with Crippen molar-refractivity contribution < 1.29 is 14.0 Å². The lowest BCUT2D eigenvalue weighted by Gasteiger charge is -2.13.